The van der Waals surface area contributed by atoms with Crippen molar-refractivity contribution < 1.29 is 14.6 Å². The van der Waals surface area contributed by atoms with Crippen LogP contribution in [0, 0.1) is 0 Å². The van der Waals surface area contributed by atoms with Gasteiger partial charge in [-0.1, -0.05) is 0 Å². The van der Waals surface area contributed by atoms with Gasteiger partial charge in [-0.05, 0) is 23.8 Å². The van der Waals surface area contributed by atoms with Crippen molar-refractivity contribution in [3.63, 3.8) is 0 Å². The summed E-state index contributed by atoms with van der Waals surface area (Å²) in [6.07, 6.45) is 3.50. The first kappa shape index (κ1) is 13.9. The second-order valence-corrected chi connectivity index (χ2v) is 4.63. The number of aromatic nitrogens is 3. The van der Waals surface area contributed by atoms with Gasteiger partial charge >= 0.3 is 5.97 Å². The van der Waals surface area contributed by atoms with Crippen LogP contribution in [0.4, 0.5) is 5.82 Å². The summed E-state index contributed by atoms with van der Waals surface area (Å²) in [5.41, 5.74) is 2.49. The number of nitrogens with one attached hydrogen (secondary N) is 2. The number of anilines is 1. The van der Waals surface area contributed by atoms with Crippen molar-refractivity contribution in [1.82, 2.24) is 15.0 Å². The SMILES string of the molecule is COc1ccc(-c2cc(NCC(=O)O)nc3[nH]ccc23)cn1. The van der Waals surface area contributed by atoms with Gasteiger partial charge in [-0.2, -0.15) is 0 Å². The minimum atomic E-state index is -0.943. The molecule has 7 heteroatoms. The minimum absolute atomic E-state index is 0.195. The number of hydrogen-bond acceptors (Lipinski definition) is 5. The van der Waals surface area contributed by atoms with Gasteiger partial charge in [0.05, 0.1) is 7.11 Å². The normalized spacial score (nSPS) is 10.6. The van der Waals surface area contributed by atoms with Gasteiger partial charge in [-0.15, -0.1) is 0 Å². The van der Waals surface area contributed by atoms with E-state index in [1.54, 1.807) is 25.6 Å². The van der Waals surface area contributed by atoms with Gasteiger partial charge in [0.15, 0.2) is 0 Å². The quantitative estimate of drug-likeness (QED) is 0.667. The summed E-state index contributed by atoms with van der Waals surface area (Å²) < 4.78 is 5.06. The Hall–Kier alpha value is -3.09. The molecule has 3 heterocycles. The van der Waals surface area contributed by atoms with E-state index in [0.29, 0.717) is 17.3 Å². The third-order valence-electron chi connectivity index (χ3n) is 3.21. The standard InChI is InChI=1S/C15H14N4O3/c1-22-13-3-2-9(7-18-13)11-6-12(17-8-14(20)21)19-15-10(11)4-5-16-15/h2-7H,8H2,1H3,(H,20,21)(H2,16,17,19). The molecular formula is C15H14N4O3. The van der Waals surface area contributed by atoms with E-state index >= 15 is 0 Å². The maximum atomic E-state index is 10.7. The van der Waals surface area contributed by atoms with E-state index in [2.05, 4.69) is 20.3 Å². The predicted octanol–water partition coefficient (Wildman–Crippen LogP) is 2.13. The molecule has 0 spiro atoms. The highest BCUT2D eigenvalue weighted by Crippen LogP contribution is 2.30. The van der Waals surface area contributed by atoms with E-state index in [0.717, 1.165) is 16.5 Å². The molecular weight excluding hydrogens is 284 g/mol. The van der Waals surface area contributed by atoms with Crippen LogP contribution in [-0.2, 0) is 4.79 Å². The first-order valence-corrected chi connectivity index (χ1v) is 6.61. The lowest BCUT2D eigenvalue weighted by Crippen LogP contribution is -2.13. The number of rotatable bonds is 5. The van der Waals surface area contributed by atoms with Crippen molar-refractivity contribution in [3.8, 4) is 17.0 Å². The van der Waals surface area contributed by atoms with Crippen molar-refractivity contribution in [2.45, 2.75) is 0 Å². The Balaban J connectivity index is 2.05. The van der Waals surface area contributed by atoms with Gasteiger partial charge < -0.3 is 20.1 Å². The van der Waals surface area contributed by atoms with Gasteiger partial charge in [0.1, 0.15) is 18.0 Å². The van der Waals surface area contributed by atoms with Crippen molar-refractivity contribution in [3.05, 3.63) is 36.7 Å². The Morgan fingerprint density at radius 2 is 2.27 bits per heavy atom. The van der Waals surface area contributed by atoms with Crippen LogP contribution in [0.1, 0.15) is 0 Å². The number of nitrogens with zero attached hydrogens (tertiary/aromatic N) is 2. The van der Waals surface area contributed by atoms with Gasteiger partial charge in [-0.3, -0.25) is 4.79 Å². The van der Waals surface area contributed by atoms with Crippen molar-refractivity contribution in [2.24, 2.45) is 0 Å². The molecule has 0 aliphatic carbocycles. The first-order valence-electron chi connectivity index (χ1n) is 6.61. The molecule has 0 bridgehead atoms. The molecule has 3 aromatic rings. The summed E-state index contributed by atoms with van der Waals surface area (Å²) in [5, 5.41) is 12.5. The van der Waals surface area contributed by atoms with Gasteiger partial charge in [0.2, 0.25) is 5.88 Å². The van der Waals surface area contributed by atoms with E-state index in [1.165, 1.54) is 0 Å². The summed E-state index contributed by atoms with van der Waals surface area (Å²) in [6.45, 7) is -0.195. The highest BCUT2D eigenvalue weighted by Gasteiger charge is 2.10. The average Bonchev–Trinajstić information content (AvgIpc) is 3.00. The number of methoxy groups -OCH3 is 1. The zero-order chi connectivity index (χ0) is 15.5. The first-order chi connectivity index (χ1) is 10.7. The number of fused-ring (bicyclic) bond motifs is 1. The molecule has 3 N–H and O–H groups in total. The predicted molar refractivity (Wildman–Crippen MR) is 82.0 cm³/mol. The molecule has 0 unspecified atom stereocenters. The Morgan fingerprint density at radius 1 is 1.41 bits per heavy atom. The van der Waals surface area contributed by atoms with Crippen LogP contribution in [0.2, 0.25) is 0 Å². The highest BCUT2D eigenvalue weighted by atomic mass is 16.5. The number of ether oxygens (including phenoxy) is 1. The molecule has 3 aromatic heterocycles. The van der Waals surface area contributed by atoms with Crippen LogP contribution in [-0.4, -0.2) is 39.7 Å². The second kappa shape index (κ2) is 5.72. The van der Waals surface area contributed by atoms with Crippen LogP contribution in [0.15, 0.2) is 36.7 Å². The maximum absolute atomic E-state index is 10.7. The number of aromatic amines is 1. The summed E-state index contributed by atoms with van der Waals surface area (Å²) >= 11 is 0. The second-order valence-electron chi connectivity index (χ2n) is 4.63. The van der Waals surface area contributed by atoms with Crippen LogP contribution < -0.4 is 10.1 Å². The molecule has 0 aliphatic heterocycles. The van der Waals surface area contributed by atoms with Crippen LogP contribution >= 0.6 is 0 Å². The van der Waals surface area contributed by atoms with Crippen LogP contribution in [0.3, 0.4) is 0 Å². The average molecular weight is 298 g/mol. The molecule has 22 heavy (non-hydrogen) atoms. The number of pyridine rings is 2. The molecule has 112 valence electrons. The molecule has 0 amide bonds. The molecule has 0 radical (unpaired) electrons. The lowest BCUT2D eigenvalue weighted by molar-refractivity contribution is -0.134. The third-order valence-corrected chi connectivity index (χ3v) is 3.21. The fourth-order valence-electron chi connectivity index (χ4n) is 2.19. The number of hydrogen-bond donors (Lipinski definition) is 3. The fourth-order valence-corrected chi connectivity index (χ4v) is 2.19. The maximum Gasteiger partial charge on any atom is 0.322 e. The van der Waals surface area contributed by atoms with Crippen molar-refractivity contribution in [1.29, 1.82) is 0 Å². The number of H-pyrrole nitrogens is 1. The van der Waals surface area contributed by atoms with Gasteiger partial charge in [-0.25, -0.2) is 9.97 Å². The smallest absolute Gasteiger partial charge is 0.322 e. The monoisotopic (exact) mass is 298 g/mol. The number of carbonyl (C=O) groups is 1. The van der Waals surface area contributed by atoms with Gasteiger partial charge in [0, 0.05) is 29.4 Å². The van der Waals surface area contributed by atoms with Crippen molar-refractivity contribution in [2.75, 3.05) is 19.0 Å². The van der Waals surface area contributed by atoms with E-state index in [1.807, 2.05) is 18.2 Å². The van der Waals surface area contributed by atoms with Crippen molar-refractivity contribution >= 4 is 22.8 Å². The molecule has 0 aliphatic rings. The summed E-state index contributed by atoms with van der Waals surface area (Å²) in [7, 11) is 1.56. The number of carboxylic acid groups (broad SMARTS) is 1. The summed E-state index contributed by atoms with van der Waals surface area (Å²) in [6, 6.07) is 7.40. The molecule has 3 rings (SSSR count). The largest absolute Gasteiger partial charge is 0.481 e. The number of aliphatic carboxylic acids is 1. The zero-order valence-electron chi connectivity index (χ0n) is 11.8. The lowest BCUT2D eigenvalue weighted by atomic mass is 10.1. The van der Waals surface area contributed by atoms with E-state index < -0.39 is 5.97 Å². The van der Waals surface area contributed by atoms with E-state index in [4.69, 9.17) is 9.84 Å². The fraction of sp³-hybridized carbons (Fsp3) is 0.133. The molecule has 0 atom stereocenters. The van der Waals surface area contributed by atoms with Crippen LogP contribution in [0.5, 0.6) is 5.88 Å². The Kier molecular flexibility index (Phi) is 3.61. The summed E-state index contributed by atoms with van der Waals surface area (Å²) in [5.74, 6) is 0.0801. The van der Waals surface area contributed by atoms with E-state index in [9.17, 15) is 4.79 Å². The molecule has 0 saturated heterocycles. The Bertz CT molecular complexity index is 811. The zero-order valence-corrected chi connectivity index (χ0v) is 11.8. The highest BCUT2D eigenvalue weighted by molar-refractivity contribution is 5.94. The van der Waals surface area contributed by atoms with Crippen LogP contribution in [0.25, 0.3) is 22.2 Å². The topological polar surface area (TPSA) is 100 Å². The Labute approximate surface area is 126 Å². The minimum Gasteiger partial charge on any atom is -0.481 e. The molecule has 0 saturated carbocycles. The number of carboxylic acids is 1. The molecule has 7 nitrogen and oxygen atoms in total. The molecule has 0 fully saturated rings. The van der Waals surface area contributed by atoms with Gasteiger partial charge in [0.25, 0.3) is 0 Å². The third kappa shape index (κ3) is 2.69. The lowest BCUT2D eigenvalue weighted by Gasteiger charge is -2.08. The van der Waals surface area contributed by atoms with E-state index in [-0.39, 0.29) is 6.54 Å². The Morgan fingerprint density at radius 3 is 2.95 bits per heavy atom. The summed E-state index contributed by atoms with van der Waals surface area (Å²) in [4.78, 5) is 22.3. The molecule has 0 aromatic carbocycles.